The average molecular weight is 496 g/mol. The second-order valence-electron chi connectivity index (χ2n) is 9.10. The maximum atomic E-state index is 13.1. The highest BCUT2D eigenvalue weighted by molar-refractivity contribution is 5.77. The molecule has 1 saturated heterocycles. The van der Waals surface area contributed by atoms with E-state index in [4.69, 9.17) is 4.74 Å². The van der Waals surface area contributed by atoms with Crippen molar-refractivity contribution in [3.8, 4) is 0 Å². The van der Waals surface area contributed by atoms with Gasteiger partial charge in [0, 0.05) is 45.0 Å². The number of piperazine rings is 1. The number of anilines is 1. The van der Waals surface area contributed by atoms with E-state index in [-0.39, 0.29) is 30.3 Å². The fraction of sp³-hybridized carbons (Fsp3) is 0.696. The van der Waals surface area contributed by atoms with Crippen LogP contribution in [0.5, 0.6) is 0 Å². The monoisotopic (exact) mass is 495 g/mol. The van der Waals surface area contributed by atoms with Crippen LogP contribution in [0.2, 0.25) is 0 Å². The molecule has 1 amide bonds. The second-order valence-corrected chi connectivity index (χ2v) is 9.10. The molecule has 1 aliphatic heterocycles. The molecular weight excluding hydrogens is 464 g/mol. The number of halogens is 6. The zero-order valence-electron chi connectivity index (χ0n) is 19.1. The first-order valence-electron chi connectivity index (χ1n) is 11.5. The number of alkyl halides is 6. The molecule has 1 heterocycles. The van der Waals surface area contributed by atoms with Gasteiger partial charge in [-0.25, -0.2) is 0 Å². The molecule has 11 heteroatoms. The minimum absolute atomic E-state index is 0.0457. The largest absolute Gasteiger partial charge is 0.416 e. The van der Waals surface area contributed by atoms with Crippen LogP contribution in [0, 0.1) is 5.92 Å². The zero-order valence-corrected chi connectivity index (χ0v) is 19.1. The van der Waals surface area contributed by atoms with E-state index in [1.807, 2.05) is 0 Å². The van der Waals surface area contributed by atoms with Crippen LogP contribution in [0.3, 0.4) is 0 Å². The van der Waals surface area contributed by atoms with Gasteiger partial charge in [0.25, 0.3) is 0 Å². The molecule has 0 unspecified atom stereocenters. The molecule has 5 nitrogen and oxygen atoms in total. The lowest BCUT2D eigenvalue weighted by Gasteiger charge is -2.37. The van der Waals surface area contributed by atoms with Crippen LogP contribution in [-0.4, -0.2) is 63.3 Å². The van der Waals surface area contributed by atoms with E-state index in [0.717, 1.165) is 50.8 Å². The summed E-state index contributed by atoms with van der Waals surface area (Å²) in [5.74, 6) is 0.443. The summed E-state index contributed by atoms with van der Waals surface area (Å²) in [5, 5.41) is 2.97. The predicted octanol–water partition coefficient (Wildman–Crippen LogP) is 4.56. The van der Waals surface area contributed by atoms with Crippen molar-refractivity contribution < 1.29 is 35.9 Å². The summed E-state index contributed by atoms with van der Waals surface area (Å²) < 4.78 is 83.7. The van der Waals surface area contributed by atoms with Crippen molar-refractivity contribution in [2.75, 3.05) is 51.3 Å². The van der Waals surface area contributed by atoms with E-state index >= 15 is 0 Å². The summed E-state index contributed by atoms with van der Waals surface area (Å²) in [6.07, 6.45) is -4.83. The number of amides is 1. The molecule has 1 aromatic carbocycles. The first-order valence-corrected chi connectivity index (χ1v) is 11.5. The quantitative estimate of drug-likeness (QED) is 0.564. The average Bonchev–Trinajstić information content (AvgIpc) is 2.78. The van der Waals surface area contributed by atoms with Gasteiger partial charge in [-0.1, -0.05) is 0 Å². The van der Waals surface area contributed by atoms with Gasteiger partial charge in [-0.2, -0.15) is 26.3 Å². The SMILES string of the molecule is COCC(=O)N[C@H]1CC[C@H](CCN2CCN(c3cc(C(F)(F)F)cc(C(F)(F)F)c3)CC2)CC1. The number of carbonyl (C=O) groups excluding carboxylic acids is 1. The van der Waals surface area contributed by atoms with Crippen molar-refractivity contribution in [2.24, 2.45) is 5.92 Å². The predicted molar refractivity (Wildman–Crippen MR) is 115 cm³/mol. The molecular formula is C23H31F6N3O2. The van der Waals surface area contributed by atoms with Crippen molar-refractivity contribution in [1.82, 2.24) is 10.2 Å². The highest BCUT2D eigenvalue weighted by Crippen LogP contribution is 2.38. The molecule has 2 aliphatic rings. The van der Waals surface area contributed by atoms with E-state index < -0.39 is 23.5 Å². The first kappa shape index (κ1) is 26.6. The first-order chi connectivity index (χ1) is 16.0. The fourth-order valence-electron chi connectivity index (χ4n) is 4.71. The van der Waals surface area contributed by atoms with E-state index in [0.29, 0.717) is 32.1 Å². The normalized spacial score (nSPS) is 22.6. The van der Waals surface area contributed by atoms with Gasteiger partial charge in [-0.05, 0) is 62.8 Å². The van der Waals surface area contributed by atoms with Gasteiger partial charge in [-0.15, -0.1) is 0 Å². The number of hydrogen-bond acceptors (Lipinski definition) is 4. The lowest BCUT2D eigenvalue weighted by atomic mass is 9.84. The van der Waals surface area contributed by atoms with Gasteiger partial charge >= 0.3 is 12.4 Å². The van der Waals surface area contributed by atoms with E-state index in [1.165, 1.54) is 7.11 Å². The van der Waals surface area contributed by atoms with Gasteiger partial charge in [0.2, 0.25) is 5.91 Å². The minimum Gasteiger partial charge on any atom is -0.375 e. The maximum absolute atomic E-state index is 13.1. The molecule has 1 aromatic rings. The standard InChI is InChI=1S/C23H31F6N3O2/c1-34-15-21(33)30-19-4-2-16(3-5-19)6-7-31-8-10-32(11-9-31)20-13-17(22(24,25)26)12-18(14-20)23(27,28)29/h12-14,16,19H,2-11,15H2,1H3,(H,30,33)/t16-,19-. The van der Waals surface area contributed by atoms with Crippen molar-refractivity contribution in [3.63, 3.8) is 0 Å². The molecule has 192 valence electrons. The molecule has 1 saturated carbocycles. The number of hydrogen-bond donors (Lipinski definition) is 1. The van der Waals surface area contributed by atoms with Crippen LogP contribution in [0.25, 0.3) is 0 Å². The Labute approximate surface area is 195 Å². The van der Waals surface area contributed by atoms with Gasteiger partial charge in [0.15, 0.2) is 0 Å². The Bertz CT molecular complexity index is 782. The van der Waals surface area contributed by atoms with Crippen molar-refractivity contribution >= 4 is 11.6 Å². The minimum atomic E-state index is -4.84. The number of carbonyl (C=O) groups is 1. The van der Waals surface area contributed by atoms with E-state index in [9.17, 15) is 31.1 Å². The Morgan fingerprint density at radius 1 is 0.941 bits per heavy atom. The third-order valence-electron chi connectivity index (χ3n) is 6.65. The molecule has 0 aromatic heterocycles. The number of nitrogens with one attached hydrogen (secondary N) is 1. The summed E-state index contributed by atoms with van der Waals surface area (Å²) in [4.78, 5) is 15.4. The third kappa shape index (κ3) is 7.49. The Morgan fingerprint density at radius 2 is 1.50 bits per heavy atom. The highest BCUT2D eigenvalue weighted by atomic mass is 19.4. The second kappa shape index (κ2) is 11.2. The van der Waals surface area contributed by atoms with Crippen molar-refractivity contribution in [2.45, 2.75) is 50.5 Å². The van der Waals surface area contributed by atoms with E-state index in [1.54, 1.807) is 4.90 Å². The van der Waals surface area contributed by atoms with Crippen LogP contribution in [0.15, 0.2) is 18.2 Å². The fourth-order valence-corrected chi connectivity index (χ4v) is 4.71. The lowest BCUT2D eigenvalue weighted by molar-refractivity contribution is -0.143. The van der Waals surface area contributed by atoms with Crippen molar-refractivity contribution in [3.05, 3.63) is 29.3 Å². The lowest BCUT2D eigenvalue weighted by Crippen LogP contribution is -2.47. The molecule has 3 rings (SSSR count). The number of methoxy groups -OCH3 is 1. The Balaban J connectivity index is 1.47. The zero-order chi connectivity index (χ0) is 24.9. The molecule has 0 radical (unpaired) electrons. The van der Waals surface area contributed by atoms with Gasteiger partial charge in [-0.3, -0.25) is 9.69 Å². The summed E-state index contributed by atoms with van der Waals surface area (Å²) in [5.41, 5.74) is -2.61. The maximum Gasteiger partial charge on any atom is 0.416 e. The van der Waals surface area contributed by atoms with Crippen LogP contribution >= 0.6 is 0 Å². The van der Waals surface area contributed by atoms with Gasteiger partial charge in [0.1, 0.15) is 6.61 Å². The Kier molecular flexibility index (Phi) is 8.72. The number of rotatable bonds is 7. The van der Waals surface area contributed by atoms with Crippen molar-refractivity contribution in [1.29, 1.82) is 0 Å². The molecule has 0 spiro atoms. The summed E-state index contributed by atoms with van der Waals surface area (Å²) in [6.45, 7) is 2.81. The number of nitrogens with zero attached hydrogens (tertiary/aromatic N) is 2. The topological polar surface area (TPSA) is 44.8 Å². The van der Waals surface area contributed by atoms with Crippen LogP contribution in [-0.2, 0) is 21.9 Å². The smallest absolute Gasteiger partial charge is 0.375 e. The highest BCUT2D eigenvalue weighted by Gasteiger charge is 2.37. The summed E-state index contributed by atoms with van der Waals surface area (Å²) in [7, 11) is 1.48. The molecule has 0 atom stereocenters. The van der Waals surface area contributed by atoms with Gasteiger partial charge in [0.05, 0.1) is 11.1 Å². The molecule has 34 heavy (non-hydrogen) atoms. The van der Waals surface area contributed by atoms with Gasteiger partial charge < -0.3 is 15.0 Å². The van der Waals surface area contributed by atoms with E-state index in [2.05, 4.69) is 10.2 Å². The van der Waals surface area contributed by atoms with Crippen LogP contribution in [0.1, 0.15) is 43.2 Å². The number of benzene rings is 1. The molecule has 1 aliphatic carbocycles. The van der Waals surface area contributed by atoms with Crippen LogP contribution in [0.4, 0.5) is 32.0 Å². The summed E-state index contributed by atoms with van der Waals surface area (Å²) in [6, 6.07) is 1.94. The Morgan fingerprint density at radius 3 is 2.00 bits per heavy atom. The summed E-state index contributed by atoms with van der Waals surface area (Å²) >= 11 is 0. The number of ether oxygens (including phenoxy) is 1. The molecule has 0 bridgehead atoms. The Hall–Kier alpha value is -2.01. The molecule has 1 N–H and O–H groups in total. The molecule has 2 fully saturated rings. The third-order valence-corrected chi connectivity index (χ3v) is 6.65. The van der Waals surface area contributed by atoms with Crippen LogP contribution < -0.4 is 10.2 Å².